The van der Waals surface area contributed by atoms with Crippen LogP contribution in [0.3, 0.4) is 0 Å². The highest BCUT2D eigenvalue weighted by Crippen LogP contribution is 2.39. The van der Waals surface area contributed by atoms with Gasteiger partial charge in [-0.05, 0) is 25.2 Å². The van der Waals surface area contributed by atoms with E-state index in [1.807, 2.05) is 0 Å². The number of hydrogen-bond donors (Lipinski definition) is 0. The second-order valence-electron chi connectivity index (χ2n) is 3.51. The number of rotatable bonds is 4. The molecular formula is C13H16. The predicted molar refractivity (Wildman–Crippen MR) is 56.9 cm³/mol. The monoisotopic (exact) mass is 172 g/mol. The highest BCUT2D eigenvalue weighted by Gasteiger charge is 2.25. The van der Waals surface area contributed by atoms with Crippen molar-refractivity contribution in [2.45, 2.75) is 38.5 Å². The van der Waals surface area contributed by atoms with E-state index in [1.54, 1.807) is 0 Å². The van der Waals surface area contributed by atoms with E-state index < -0.39 is 0 Å². The van der Waals surface area contributed by atoms with Crippen LogP contribution in [0.15, 0.2) is 12.2 Å². The molecule has 0 heteroatoms. The zero-order chi connectivity index (χ0) is 9.52. The predicted octanol–water partition coefficient (Wildman–Crippen LogP) is 3.15. The van der Waals surface area contributed by atoms with Gasteiger partial charge in [-0.3, -0.25) is 0 Å². The highest BCUT2D eigenvalue weighted by molar-refractivity contribution is 5.19. The topological polar surface area (TPSA) is 0 Å². The lowest BCUT2D eigenvalue weighted by atomic mass is 10.2. The number of hydrogen-bond acceptors (Lipinski definition) is 0. The van der Waals surface area contributed by atoms with Gasteiger partial charge in [-0.15, -0.1) is 24.2 Å². The van der Waals surface area contributed by atoms with Gasteiger partial charge in [-0.1, -0.05) is 12.2 Å². The van der Waals surface area contributed by atoms with E-state index in [0.29, 0.717) is 0 Å². The van der Waals surface area contributed by atoms with E-state index in [4.69, 9.17) is 6.42 Å². The summed E-state index contributed by atoms with van der Waals surface area (Å²) in [7, 11) is 0. The standard InChI is InChI=1S/C13H16/c1-3-4-5-6-7-8-9-10-13-11-12(13)2/h1,13H,2,4-6,9-11H2. The van der Waals surface area contributed by atoms with E-state index in [1.165, 1.54) is 18.4 Å². The van der Waals surface area contributed by atoms with Crippen molar-refractivity contribution in [3.63, 3.8) is 0 Å². The first-order valence-electron chi connectivity index (χ1n) is 4.91. The highest BCUT2D eigenvalue weighted by atomic mass is 14.3. The first-order valence-corrected chi connectivity index (χ1v) is 4.91. The van der Waals surface area contributed by atoms with Gasteiger partial charge in [0.2, 0.25) is 0 Å². The maximum atomic E-state index is 5.12. The third-order valence-electron chi connectivity index (χ3n) is 2.29. The van der Waals surface area contributed by atoms with Crippen molar-refractivity contribution >= 4 is 0 Å². The fraction of sp³-hybridized carbons (Fsp3) is 0.538. The van der Waals surface area contributed by atoms with E-state index >= 15 is 0 Å². The van der Waals surface area contributed by atoms with Gasteiger partial charge in [-0.2, -0.15) is 0 Å². The van der Waals surface area contributed by atoms with Crippen LogP contribution in [0.4, 0.5) is 0 Å². The molecule has 68 valence electrons. The Morgan fingerprint density at radius 1 is 1.31 bits per heavy atom. The van der Waals surface area contributed by atoms with E-state index in [2.05, 4.69) is 24.3 Å². The molecule has 0 aromatic heterocycles. The normalized spacial score (nSPS) is 18.7. The molecule has 0 aromatic rings. The van der Waals surface area contributed by atoms with Crippen molar-refractivity contribution in [3.8, 4) is 24.2 Å². The fourth-order valence-electron chi connectivity index (χ4n) is 1.27. The van der Waals surface area contributed by atoms with Crippen molar-refractivity contribution < 1.29 is 0 Å². The summed E-state index contributed by atoms with van der Waals surface area (Å²) in [6.45, 7) is 3.92. The molecule has 13 heavy (non-hydrogen) atoms. The lowest BCUT2D eigenvalue weighted by molar-refractivity contribution is 0.774. The summed E-state index contributed by atoms with van der Waals surface area (Å²) in [5.41, 5.74) is 1.41. The Morgan fingerprint density at radius 2 is 2.00 bits per heavy atom. The molecule has 0 saturated heterocycles. The first-order chi connectivity index (χ1) is 6.34. The van der Waals surface area contributed by atoms with E-state index in [9.17, 15) is 0 Å². The molecule has 0 amide bonds. The van der Waals surface area contributed by atoms with Crippen LogP contribution in [0, 0.1) is 30.1 Å². The molecule has 1 aliphatic rings. The molecule has 0 aromatic carbocycles. The second kappa shape index (κ2) is 5.50. The molecule has 0 N–H and O–H groups in total. The van der Waals surface area contributed by atoms with Gasteiger partial charge < -0.3 is 0 Å². The van der Waals surface area contributed by atoms with Crippen LogP contribution >= 0.6 is 0 Å². The maximum Gasteiger partial charge on any atom is 0.00977 e. The molecular weight excluding hydrogens is 156 g/mol. The van der Waals surface area contributed by atoms with Crippen molar-refractivity contribution in [2.24, 2.45) is 5.92 Å². The molecule has 0 bridgehead atoms. The smallest absolute Gasteiger partial charge is 0.00977 e. The largest absolute Gasteiger partial charge is 0.120 e. The summed E-state index contributed by atoms with van der Waals surface area (Å²) in [5, 5.41) is 0. The third-order valence-corrected chi connectivity index (χ3v) is 2.29. The Balaban J connectivity index is 1.92. The second-order valence-corrected chi connectivity index (χ2v) is 3.51. The zero-order valence-electron chi connectivity index (χ0n) is 8.10. The average Bonchev–Trinajstić information content (AvgIpc) is 2.81. The zero-order valence-corrected chi connectivity index (χ0v) is 8.10. The molecule has 1 fully saturated rings. The first kappa shape index (κ1) is 9.94. The lowest BCUT2D eigenvalue weighted by Gasteiger charge is -1.87. The lowest BCUT2D eigenvalue weighted by Crippen LogP contribution is -1.74. The average molecular weight is 172 g/mol. The van der Waals surface area contributed by atoms with E-state index in [0.717, 1.165) is 31.6 Å². The molecule has 1 unspecified atom stereocenters. The van der Waals surface area contributed by atoms with Gasteiger partial charge in [0.15, 0.2) is 0 Å². The fourth-order valence-corrected chi connectivity index (χ4v) is 1.27. The summed E-state index contributed by atoms with van der Waals surface area (Å²) in [5.74, 6) is 9.72. The van der Waals surface area contributed by atoms with Gasteiger partial charge in [0.1, 0.15) is 0 Å². The Kier molecular flexibility index (Phi) is 4.20. The van der Waals surface area contributed by atoms with Crippen LogP contribution in [0.25, 0.3) is 0 Å². The van der Waals surface area contributed by atoms with Crippen LogP contribution in [0.1, 0.15) is 38.5 Å². The number of allylic oxidation sites excluding steroid dienone is 1. The summed E-state index contributed by atoms with van der Waals surface area (Å²) in [4.78, 5) is 0. The minimum Gasteiger partial charge on any atom is -0.120 e. The Hall–Kier alpha value is -1.14. The Morgan fingerprint density at radius 3 is 2.62 bits per heavy atom. The minimum absolute atomic E-state index is 0.792. The molecule has 0 nitrogen and oxygen atoms in total. The molecule has 0 spiro atoms. The van der Waals surface area contributed by atoms with Crippen molar-refractivity contribution in [3.05, 3.63) is 12.2 Å². The van der Waals surface area contributed by atoms with E-state index in [-0.39, 0.29) is 0 Å². The molecule has 1 aliphatic carbocycles. The summed E-state index contributed by atoms with van der Waals surface area (Å²) >= 11 is 0. The molecule has 1 saturated carbocycles. The summed E-state index contributed by atoms with van der Waals surface area (Å²) < 4.78 is 0. The number of terminal acetylenes is 1. The van der Waals surface area contributed by atoms with Gasteiger partial charge in [0.25, 0.3) is 0 Å². The third kappa shape index (κ3) is 4.44. The van der Waals surface area contributed by atoms with Crippen LogP contribution in [0.2, 0.25) is 0 Å². The minimum atomic E-state index is 0.792. The van der Waals surface area contributed by atoms with Crippen LogP contribution < -0.4 is 0 Å². The van der Waals surface area contributed by atoms with Crippen molar-refractivity contribution in [1.29, 1.82) is 0 Å². The maximum absolute atomic E-state index is 5.12. The van der Waals surface area contributed by atoms with Crippen LogP contribution in [0.5, 0.6) is 0 Å². The molecule has 0 heterocycles. The molecule has 1 rings (SSSR count). The van der Waals surface area contributed by atoms with Crippen molar-refractivity contribution in [1.82, 2.24) is 0 Å². The molecule has 0 radical (unpaired) electrons. The van der Waals surface area contributed by atoms with Crippen LogP contribution in [-0.4, -0.2) is 0 Å². The van der Waals surface area contributed by atoms with Gasteiger partial charge in [0, 0.05) is 19.3 Å². The Bertz CT molecular complexity index is 267. The summed E-state index contributed by atoms with van der Waals surface area (Å²) in [6.07, 6.45) is 11.4. The Labute approximate surface area is 81.4 Å². The summed E-state index contributed by atoms with van der Waals surface area (Å²) in [6, 6.07) is 0. The van der Waals surface area contributed by atoms with Gasteiger partial charge in [-0.25, -0.2) is 0 Å². The van der Waals surface area contributed by atoms with Gasteiger partial charge in [0.05, 0.1) is 0 Å². The number of unbranched alkanes of at least 4 members (excludes halogenated alkanes) is 2. The molecule has 1 atom stereocenters. The molecule has 0 aliphatic heterocycles. The van der Waals surface area contributed by atoms with Gasteiger partial charge >= 0.3 is 0 Å². The quantitative estimate of drug-likeness (QED) is 0.347. The van der Waals surface area contributed by atoms with Crippen molar-refractivity contribution in [2.75, 3.05) is 0 Å². The SMILES string of the molecule is C#CCCCC#CCCC1CC1=C. The van der Waals surface area contributed by atoms with Crippen LogP contribution in [-0.2, 0) is 0 Å².